The number of hydrogen-bond acceptors (Lipinski definition) is 6. The van der Waals surface area contributed by atoms with Crippen molar-refractivity contribution in [2.75, 3.05) is 13.2 Å². The molecule has 3 aromatic rings. The number of rotatable bonds is 1. The summed E-state index contributed by atoms with van der Waals surface area (Å²) in [5.74, 6) is 1.67. The van der Waals surface area contributed by atoms with E-state index < -0.39 is 0 Å². The van der Waals surface area contributed by atoms with Crippen LogP contribution in [0.15, 0.2) is 23.6 Å². The summed E-state index contributed by atoms with van der Waals surface area (Å²) >= 11 is 2.86. The van der Waals surface area contributed by atoms with Crippen LogP contribution in [0.5, 0.6) is 11.5 Å². The van der Waals surface area contributed by atoms with Gasteiger partial charge in [0.2, 0.25) is 0 Å². The van der Waals surface area contributed by atoms with E-state index >= 15 is 0 Å². The third-order valence-electron chi connectivity index (χ3n) is 2.83. The molecule has 6 heteroatoms. The Bertz CT molecular complexity index is 720. The monoisotopic (exact) mass is 276 g/mol. The van der Waals surface area contributed by atoms with E-state index in [0.29, 0.717) is 13.2 Å². The molecule has 0 N–H and O–H groups in total. The first-order valence-corrected chi connectivity index (χ1v) is 7.13. The summed E-state index contributed by atoms with van der Waals surface area (Å²) in [6.07, 6.45) is 0. The van der Waals surface area contributed by atoms with Gasteiger partial charge in [-0.2, -0.15) is 8.75 Å². The number of aromatic nitrogens is 2. The van der Waals surface area contributed by atoms with Crippen molar-refractivity contribution in [2.24, 2.45) is 0 Å². The fourth-order valence-electron chi connectivity index (χ4n) is 2.04. The summed E-state index contributed by atoms with van der Waals surface area (Å²) in [5.41, 5.74) is 2.93. The molecule has 4 nitrogen and oxygen atoms in total. The summed E-state index contributed by atoms with van der Waals surface area (Å²) in [5, 5.41) is 1.99. The van der Waals surface area contributed by atoms with Gasteiger partial charge in [0.25, 0.3) is 0 Å². The summed E-state index contributed by atoms with van der Waals surface area (Å²) < 4.78 is 19.9. The molecule has 1 aliphatic heterocycles. The minimum absolute atomic E-state index is 0.599. The Morgan fingerprint density at radius 2 is 2.06 bits per heavy atom. The molecule has 0 atom stereocenters. The van der Waals surface area contributed by atoms with Crippen LogP contribution in [-0.4, -0.2) is 22.0 Å². The van der Waals surface area contributed by atoms with Crippen LogP contribution < -0.4 is 9.47 Å². The van der Waals surface area contributed by atoms with Crippen molar-refractivity contribution in [1.82, 2.24) is 8.75 Å². The van der Waals surface area contributed by atoms with Crippen molar-refractivity contribution in [1.29, 1.82) is 0 Å². The molecule has 3 heterocycles. The van der Waals surface area contributed by atoms with Crippen LogP contribution in [0.1, 0.15) is 0 Å². The van der Waals surface area contributed by atoms with E-state index in [0.717, 1.165) is 33.0 Å². The van der Waals surface area contributed by atoms with Gasteiger partial charge < -0.3 is 9.47 Å². The molecule has 0 amide bonds. The lowest BCUT2D eigenvalue weighted by Gasteiger charge is -2.16. The highest BCUT2D eigenvalue weighted by Crippen LogP contribution is 2.46. The van der Waals surface area contributed by atoms with Gasteiger partial charge in [-0.05, 0) is 6.07 Å². The normalized spacial score (nSPS) is 14.0. The fourth-order valence-corrected chi connectivity index (χ4v) is 3.55. The molecule has 0 saturated carbocycles. The van der Waals surface area contributed by atoms with Crippen LogP contribution in [0.2, 0.25) is 0 Å². The van der Waals surface area contributed by atoms with Gasteiger partial charge in [0.05, 0.1) is 16.6 Å². The van der Waals surface area contributed by atoms with Crippen molar-refractivity contribution in [2.45, 2.75) is 0 Å². The number of benzene rings is 1. The summed E-state index contributed by atoms with van der Waals surface area (Å²) in [7, 11) is 0. The predicted molar refractivity (Wildman–Crippen MR) is 71.7 cm³/mol. The zero-order chi connectivity index (χ0) is 11.9. The van der Waals surface area contributed by atoms with Crippen molar-refractivity contribution in [3.05, 3.63) is 23.6 Å². The van der Waals surface area contributed by atoms with Crippen LogP contribution in [-0.2, 0) is 0 Å². The Morgan fingerprint density at radius 3 is 3.06 bits per heavy atom. The lowest BCUT2D eigenvalue weighted by molar-refractivity contribution is 0.174. The van der Waals surface area contributed by atoms with Gasteiger partial charge >= 0.3 is 0 Å². The minimum Gasteiger partial charge on any atom is -0.485 e. The second-order valence-corrected chi connectivity index (χ2v) is 5.30. The average molecular weight is 276 g/mol. The molecule has 18 heavy (non-hydrogen) atoms. The van der Waals surface area contributed by atoms with E-state index in [1.165, 1.54) is 11.7 Å². The first kappa shape index (κ1) is 10.3. The fraction of sp³-hybridized carbons (Fsp3) is 0.167. The van der Waals surface area contributed by atoms with Gasteiger partial charge in [-0.1, -0.05) is 12.1 Å². The van der Waals surface area contributed by atoms with E-state index in [-0.39, 0.29) is 0 Å². The van der Waals surface area contributed by atoms with Gasteiger partial charge in [-0.25, -0.2) is 0 Å². The van der Waals surface area contributed by atoms with Crippen molar-refractivity contribution >= 4 is 34.1 Å². The van der Waals surface area contributed by atoms with Crippen molar-refractivity contribution in [3.8, 4) is 21.9 Å². The lowest BCUT2D eigenvalue weighted by Crippen LogP contribution is -2.14. The third-order valence-corrected chi connectivity index (χ3v) is 4.35. The molecule has 0 spiro atoms. The molecule has 0 unspecified atom stereocenters. The zero-order valence-corrected chi connectivity index (χ0v) is 10.9. The SMILES string of the molecule is c1cc(-c2scc3c2OCCO3)c2nsnc2c1. The summed E-state index contributed by atoms with van der Waals surface area (Å²) in [6.45, 7) is 1.22. The highest BCUT2D eigenvalue weighted by Gasteiger charge is 2.21. The lowest BCUT2D eigenvalue weighted by atomic mass is 10.1. The molecule has 1 aromatic carbocycles. The first-order valence-electron chi connectivity index (χ1n) is 5.52. The summed E-state index contributed by atoms with van der Waals surface area (Å²) in [4.78, 5) is 1.07. The molecule has 2 aromatic heterocycles. The highest BCUT2D eigenvalue weighted by atomic mass is 32.1. The number of ether oxygens (including phenoxy) is 2. The molecule has 0 fully saturated rings. The topological polar surface area (TPSA) is 44.2 Å². The molecule has 4 rings (SSSR count). The molecule has 0 bridgehead atoms. The average Bonchev–Trinajstić information content (AvgIpc) is 3.05. The Balaban J connectivity index is 1.97. The molecular weight excluding hydrogens is 268 g/mol. The molecule has 0 aliphatic carbocycles. The van der Waals surface area contributed by atoms with E-state index in [4.69, 9.17) is 9.47 Å². The van der Waals surface area contributed by atoms with Gasteiger partial charge in [0.1, 0.15) is 24.2 Å². The maximum absolute atomic E-state index is 5.72. The number of nitrogens with zero attached hydrogens (tertiary/aromatic N) is 2. The second kappa shape index (κ2) is 3.93. The number of thiophene rings is 1. The quantitative estimate of drug-likeness (QED) is 0.684. The summed E-state index contributed by atoms with van der Waals surface area (Å²) in [6, 6.07) is 6.02. The Labute approximate surface area is 111 Å². The van der Waals surface area contributed by atoms with Crippen LogP contribution in [0.4, 0.5) is 0 Å². The Hall–Kier alpha value is -1.66. The second-order valence-electron chi connectivity index (χ2n) is 3.89. The largest absolute Gasteiger partial charge is 0.485 e. The van der Waals surface area contributed by atoms with Crippen LogP contribution >= 0.6 is 23.1 Å². The minimum atomic E-state index is 0.599. The molecule has 90 valence electrons. The zero-order valence-electron chi connectivity index (χ0n) is 9.25. The Morgan fingerprint density at radius 1 is 1.11 bits per heavy atom. The maximum Gasteiger partial charge on any atom is 0.180 e. The van der Waals surface area contributed by atoms with Crippen LogP contribution in [0.25, 0.3) is 21.5 Å². The van der Waals surface area contributed by atoms with Gasteiger partial charge in [0, 0.05) is 10.9 Å². The van der Waals surface area contributed by atoms with Crippen LogP contribution in [0.3, 0.4) is 0 Å². The van der Waals surface area contributed by atoms with Gasteiger partial charge in [-0.15, -0.1) is 11.3 Å². The molecular formula is C12H8N2O2S2. The molecule has 0 radical (unpaired) electrons. The van der Waals surface area contributed by atoms with E-state index in [9.17, 15) is 0 Å². The van der Waals surface area contributed by atoms with E-state index in [2.05, 4.69) is 8.75 Å². The third kappa shape index (κ3) is 1.42. The molecule has 0 saturated heterocycles. The van der Waals surface area contributed by atoms with Crippen LogP contribution in [0, 0.1) is 0 Å². The standard InChI is InChI=1S/C12H8N2O2S2/c1-2-7(10-8(3-1)13-18-14-10)12-11-9(6-17-12)15-4-5-16-11/h1-3,6H,4-5H2. The number of hydrogen-bond donors (Lipinski definition) is 0. The van der Waals surface area contributed by atoms with Gasteiger partial charge in [-0.3, -0.25) is 0 Å². The number of fused-ring (bicyclic) bond motifs is 2. The van der Waals surface area contributed by atoms with Crippen molar-refractivity contribution < 1.29 is 9.47 Å². The Kier molecular flexibility index (Phi) is 2.24. The molecule has 1 aliphatic rings. The van der Waals surface area contributed by atoms with Crippen molar-refractivity contribution in [3.63, 3.8) is 0 Å². The maximum atomic E-state index is 5.72. The van der Waals surface area contributed by atoms with E-state index in [1.54, 1.807) is 11.3 Å². The smallest absolute Gasteiger partial charge is 0.180 e. The van der Waals surface area contributed by atoms with E-state index in [1.807, 2.05) is 23.6 Å². The predicted octanol–water partition coefficient (Wildman–Crippen LogP) is 3.19. The highest BCUT2D eigenvalue weighted by molar-refractivity contribution is 7.14. The first-order chi connectivity index (χ1) is 8.93. The van der Waals surface area contributed by atoms with Gasteiger partial charge in [0.15, 0.2) is 11.5 Å².